The molecular formula is C19H19IP. The molecule has 1 radical (unpaired) electrons. The molecule has 0 heterocycles. The first-order valence-corrected chi connectivity index (χ1v) is 14.3. The van der Waals surface area contributed by atoms with Crippen LogP contribution in [0.3, 0.4) is 0 Å². The Morgan fingerprint density at radius 2 is 0.810 bits per heavy atom. The van der Waals surface area contributed by atoms with E-state index < -0.39 is 4.90 Å². The van der Waals surface area contributed by atoms with Gasteiger partial charge >= 0.3 is 137 Å². The summed E-state index contributed by atoms with van der Waals surface area (Å²) in [6, 6.07) is 33.4. The fraction of sp³-hybridized carbons (Fsp3) is 0.0526. The average molecular weight is 405 g/mol. The average Bonchev–Trinajstić information content (AvgIpc) is 2.59. The van der Waals surface area contributed by atoms with Crippen molar-refractivity contribution in [3.05, 3.63) is 91.0 Å². The van der Waals surface area contributed by atoms with Gasteiger partial charge < -0.3 is 0 Å². The van der Waals surface area contributed by atoms with Gasteiger partial charge in [0, 0.05) is 0 Å². The molecule has 107 valence electrons. The van der Waals surface area contributed by atoms with Gasteiger partial charge in [-0.1, -0.05) is 0 Å². The molecule has 21 heavy (non-hydrogen) atoms. The van der Waals surface area contributed by atoms with Gasteiger partial charge in [0.15, 0.2) is 0 Å². The number of alkyl halides is 1. The molecule has 0 aliphatic rings. The quantitative estimate of drug-likeness (QED) is 0.346. The monoisotopic (exact) mass is 405 g/mol. The van der Waals surface area contributed by atoms with Gasteiger partial charge in [0.2, 0.25) is 0 Å². The van der Waals surface area contributed by atoms with Crippen molar-refractivity contribution >= 4 is 41.5 Å². The topological polar surface area (TPSA) is 0 Å². The number of benzene rings is 3. The molecule has 0 fully saturated rings. The third-order valence-corrected chi connectivity index (χ3v) is 18.2. The molecular weight excluding hydrogens is 386 g/mol. The van der Waals surface area contributed by atoms with Crippen LogP contribution in [0.5, 0.6) is 0 Å². The Kier molecular flexibility index (Phi) is 4.72. The Bertz CT molecular complexity index is 584. The van der Waals surface area contributed by atoms with E-state index in [2.05, 4.69) is 95.9 Å². The van der Waals surface area contributed by atoms with E-state index in [1.807, 2.05) is 0 Å². The molecule has 0 aromatic heterocycles. The summed E-state index contributed by atoms with van der Waals surface area (Å²) in [5.74, 6) is 0. The number of hydrogen-bond acceptors (Lipinski definition) is 0. The molecule has 0 bridgehead atoms. The number of hydrogen-bond donors (Lipinski definition) is 0. The Morgan fingerprint density at radius 1 is 0.524 bits per heavy atom. The zero-order valence-electron chi connectivity index (χ0n) is 12.0. The Morgan fingerprint density at radius 3 is 1.05 bits per heavy atom. The van der Waals surface area contributed by atoms with E-state index in [0.29, 0.717) is 0 Å². The first kappa shape index (κ1) is 14.7. The van der Waals surface area contributed by atoms with Crippen LogP contribution in [-0.4, -0.2) is 4.93 Å². The van der Waals surface area contributed by atoms with Gasteiger partial charge in [-0.2, -0.15) is 0 Å². The van der Waals surface area contributed by atoms with E-state index in [0.717, 1.165) is 0 Å². The van der Waals surface area contributed by atoms with Crippen molar-refractivity contribution in [2.45, 2.75) is 0 Å². The van der Waals surface area contributed by atoms with Gasteiger partial charge in [-0.3, -0.25) is 0 Å². The van der Waals surface area contributed by atoms with Gasteiger partial charge in [0.05, 0.1) is 0 Å². The molecule has 2 heteroatoms. The Hall–Kier alpha value is -1.18. The van der Waals surface area contributed by atoms with Crippen LogP contribution >= 0.6 is 25.6 Å². The van der Waals surface area contributed by atoms with Gasteiger partial charge in [0.25, 0.3) is 0 Å². The normalized spacial score (nSPS) is 12.0. The van der Waals surface area contributed by atoms with Crippen LogP contribution in [0.2, 0.25) is 0 Å². The fourth-order valence-corrected chi connectivity index (χ4v) is 15.3. The molecule has 0 saturated carbocycles. The molecule has 0 spiro atoms. The Balaban J connectivity index is 2.29. The first-order valence-electron chi connectivity index (χ1n) is 7.05. The maximum atomic E-state index is 2.44. The predicted octanol–water partition coefficient (Wildman–Crippen LogP) is 4.23. The van der Waals surface area contributed by atoms with Crippen molar-refractivity contribution in [2.24, 2.45) is 0 Å². The molecule has 0 aliphatic heterocycles. The third kappa shape index (κ3) is 2.77. The Labute approximate surface area is 137 Å². The van der Waals surface area contributed by atoms with E-state index in [4.69, 9.17) is 0 Å². The summed E-state index contributed by atoms with van der Waals surface area (Å²) in [7, 11) is 0. The SMILES string of the molecule is C[I][PH](c1ccccc1)(c1ccccc1)c1ccccc1. The standard InChI is InChI=1S/C19H19IP/c1-20-21(17-11-5-2-6-12-17,18-13-7-3-8-14-18)19-15-9-4-10-16-19/h2-16,21H,1H3. The zero-order valence-corrected chi connectivity index (χ0v) is 15.2. The second-order valence-corrected chi connectivity index (χ2v) is 16.5. The summed E-state index contributed by atoms with van der Waals surface area (Å²) in [5, 5.41) is 4.62. The van der Waals surface area contributed by atoms with E-state index in [9.17, 15) is 0 Å². The van der Waals surface area contributed by atoms with E-state index in [1.165, 1.54) is 15.9 Å². The van der Waals surface area contributed by atoms with Crippen LogP contribution in [0.4, 0.5) is 0 Å². The minimum absolute atomic E-state index is 0.0577. The van der Waals surface area contributed by atoms with Crippen molar-refractivity contribution in [1.29, 1.82) is 0 Å². The fourth-order valence-electron chi connectivity index (χ4n) is 2.83. The van der Waals surface area contributed by atoms with Crippen molar-refractivity contribution < 1.29 is 0 Å². The summed E-state index contributed by atoms with van der Waals surface area (Å²) in [6.07, 6.45) is 0. The van der Waals surface area contributed by atoms with Crippen LogP contribution in [0.1, 0.15) is 0 Å². The van der Waals surface area contributed by atoms with E-state index in [-0.39, 0.29) is 20.7 Å². The maximum absolute atomic E-state index is 2.44. The van der Waals surface area contributed by atoms with Crippen LogP contribution in [0.25, 0.3) is 0 Å². The molecule has 0 amide bonds. The summed E-state index contributed by atoms with van der Waals surface area (Å²) < 4.78 is 0. The second-order valence-electron chi connectivity index (χ2n) is 4.95. The second kappa shape index (κ2) is 6.72. The number of rotatable bonds is 4. The van der Waals surface area contributed by atoms with Crippen molar-refractivity contribution in [1.82, 2.24) is 0 Å². The minimum atomic E-state index is -1.79. The first-order chi connectivity index (χ1) is 10.4. The van der Waals surface area contributed by atoms with Gasteiger partial charge in [0.1, 0.15) is 0 Å². The van der Waals surface area contributed by atoms with Crippen LogP contribution in [0, 0.1) is 0 Å². The molecule has 3 aromatic rings. The molecule has 0 saturated heterocycles. The molecule has 0 unspecified atom stereocenters. The van der Waals surface area contributed by atoms with E-state index in [1.54, 1.807) is 0 Å². The van der Waals surface area contributed by atoms with Gasteiger partial charge in [-0.25, -0.2) is 0 Å². The molecule has 0 nitrogen and oxygen atoms in total. The summed E-state index contributed by atoms with van der Waals surface area (Å²) in [4.78, 5) is 0.655. The molecule has 0 aliphatic carbocycles. The summed E-state index contributed by atoms with van der Waals surface area (Å²) in [6.45, 7) is 0. The molecule has 3 rings (SSSR count). The number of halogens is 1. The van der Waals surface area contributed by atoms with Crippen LogP contribution in [-0.2, 0) is 0 Å². The van der Waals surface area contributed by atoms with Crippen molar-refractivity contribution in [3.8, 4) is 0 Å². The van der Waals surface area contributed by atoms with Crippen LogP contribution < -0.4 is 15.9 Å². The van der Waals surface area contributed by atoms with Gasteiger partial charge in [-0.05, 0) is 0 Å². The molecule has 0 atom stereocenters. The zero-order chi connectivity index (χ0) is 14.5. The summed E-state index contributed by atoms with van der Waals surface area (Å²) >= 11 is 0.0577. The molecule has 0 N–H and O–H groups in total. The van der Waals surface area contributed by atoms with E-state index >= 15 is 0 Å². The summed E-state index contributed by atoms with van der Waals surface area (Å²) in [5.41, 5.74) is 0. The van der Waals surface area contributed by atoms with Crippen LogP contribution in [0.15, 0.2) is 91.0 Å². The molecule has 3 aromatic carbocycles. The third-order valence-electron chi connectivity index (χ3n) is 3.80. The van der Waals surface area contributed by atoms with Crippen molar-refractivity contribution in [2.75, 3.05) is 4.93 Å². The predicted molar refractivity (Wildman–Crippen MR) is 106 cm³/mol. The van der Waals surface area contributed by atoms with Gasteiger partial charge in [-0.15, -0.1) is 0 Å². The van der Waals surface area contributed by atoms with Crippen molar-refractivity contribution in [3.63, 3.8) is 0 Å².